The van der Waals surface area contributed by atoms with Crippen LogP contribution in [-0.2, 0) is 27.8 Å². The van der Waals surface area contributed by atoms with Crippen LogP contribution in [0.25, 0.3) is 0 Å². The van der Waals surface area contributed by atoms with Crippen LogP contribution in [0.5, 0.6) is 0 Å². The van der Waals surface area contributed by atoms with E-state index in [1.165, 1.54) is 36.0 Å². The Balaban J connectivity index is 1.21. The monoisotopic (exact) mass is 504 g/mol. The number of nitrogens with one attached hydrogen (secondary N) is 1. The predicted octanol–water partition coefficient (Wildman–Crippen LogP) is 7.25. The molecule has 3 aromatic rings. The van der Waals surface area contributed by atoms with E-state index in [-0.39, 0.29) is 22.6 Å². The average Bonchev–Trinajstić information content (AvgIpc) is 3.05. The molecule has 38 heavy (non-hydrogen) atoms. The average molecular weight is 505 g/mol. The quantitative estimate of drug-likeness (QED) is 0.408. The molecule has 0 spiro atoms. The van der Waals surface area contributed by atoms with Crippen molar-refractivity contribution in [3.63, 3.8) is 0 Å². The van der Waals surface area contributed by atoms with Gasteiger partial charge in [-0.2, -0.15) is 0 Å². The molecule has 5 aliphatic rings. The maximum absolute atomic E-state index is 14.2. The normalized spacial score (nSPS) is 28.8. The number of hydrogen-bond donors (Lipinski definition) is 1. The van der Waals surface area contributed by atoms with Crippen LogP contribution in [0.1, 0.15) is 67.7 Å². The van der Waals surface area contributed by atoms with Crippen LogP contribution in [0.15, 0.2) is 66.7 Å². The van der Waals surface area contributed by atoms with Crippen molar-refractivity contribution < 1.29 is 9.59 Å². The first kappa shape index (κ1) is 23.7. The van der Waals surface area contributed by atoms with Crippen molar-refractivity contribution >= 4 is 28.9 Å². The van der Waals surface area contributed by atoms with E-state index in [0.717, 1.165) is 54.7 Å². The summed E-state index contributed by atoms with van der Waals surface area (Å²) in [6.45, 7) is 3.77. The maximum atomic E-state index is 14.2. The Morgan fingerprint density at radius 2 is 1.53 bits per heavy atom. The van der Waals surface area contributed by atoms with Gasteiger partial charge in [0.25, 0.3) is 0 Å². The fourth-order valence-corrected chi connectivity index (χ4v) is 8.78. The Bertz CT molecular complexity index is 1430. The van der Waals surface area contributed by atoms with Crippen molar-refractivity contribution in [1.29, 1.82) is 0 Å². The molecule has 1 N–H and O–H groups in total. The van der Waals surface area contributed by atoms with E-state index in [1.807, 2.05) is 35.2 Å². The maximum Gasteiger partial charge on any atom is 0.230 e. The number of benzene rings is 3. The fourth-order valence-electron chi connectivity index (χ4n) is 8.78. The molecule has 0 saturated heterocycles. The number of para-hydroxylation sites is 1. The summed E-state index contributed by atoms with van der Waals surface area (Å²) in [6, 6.07) is 23.4. The van der Waals surface area contributed by atoms with Crippen LogP contribution >= 0.6 is 0 Å². The van der Waals surface area contributed by atoms with Crippen molar-refractivity contribution in [1.82, 2.24) is 0 Å². The summed E-state index contributed by atoms with van der Waals surface area (Å²) in [5, 5.41) is 3.35. The summed E-state index contributed by atoms with van der Waals surface area (Å²) < 4.78 is 0. The van der Waals surface area contributed by atoms with Gasteiger partial charge in [-0.1, -0.05) is 54.1 Å². The lowest BCUT2D eigenvalue weighted by Gasteiger charge is -2.61. The number of carbonyl (C=O) groups is 2. The molecule has 1 heterocycles. The molecular weight excluding hydrogens is 468 g/mol. The Morgan fingerprint density at radius 1 is 0.842 bits per heavy atom. The van der Waals surface area contributed by atoms with E-state index < -0.39 is 0 Å². The third-order valence-corrected chi connectivity index (χ3v) is 10.0. The van der Waals surface area contributed by atoms with Crippen LogP contribution in [-0.4, -0.2) is 11.8 Å². The van der Waals surface area contributed by atoms with E-state index in [9.17, 15) is 9.59 Å². The summed E-state index contributed by atoms with van der Waals surface area (Å²) in [5.74, 6) is 1.41. The third-order valence-electron chi connectivity index (χ3n) is 10.0. The Morgan fingerprint density at radius 3 is 2.24 bits per heavy atom. The first-order chi connectivity index (χ1) is 18.3. The molecule has 1 aliphatic heterocycles. The number of nitrogens with zero attached hydrogens (tertiary/aromatic N) is 1. The lowest BCUT2D eigenvalue weighted by atomic mass is 9.42. The number of hydrogen-bond acceptors (Lipinski definition) is 2. The number of aryl methyl sites for hydroxylation is 3. The molecule has 0 unspecified atom stereocenters. The molecule has 4 bridgehead atoms. The van der Waals surface area contributed by atoms with Gasteiger partial charge in [-0.15, -0.1) is 0 Å². The molecule has 4 aliphatic carbocycles. The highest BCUT2D eigenvalue weighted by molar-refractivity contribution is 6.02. The van der Waals surface area contributed by atoms with Crippen molar-refractivity contribution in [2.75, 3.05) is 10.2 Å². The van der Waals surface area contributed by atoms with Crippen molar-refractivity contribution in [2.24, 2.45) is 17.3 Å². The summed E-state index contributed by atoms with van der Waals surface area (Å²) in [5.41, 5.74) is 7.48. The van der Waals surface area contributed by atoms with Gasteiger partial charge in [0.05, 0.1) is 16.8 Å². The van der Waals surface area contributed by atoms with Crippen molar-refractivity contribution in [2.45, 2.75) is 70.6 Å². The lowest BCUT2D eigenvalue weighted by molar-refractivity contribution is -0.143. The molecule has 2 amide bonds. The van der Waals surface area contributed by atoms with Gasteiger partial charge in [0.1, 0.15) is 0 Å². The number of rotatable bonds is 3. The van der Waals surface area contributed by atoms with Crippen LogP contribution in [0.4, 0.5) is 17.1 Å². The van der Waals surface area contributed by atoms with Crippen LogP contribution in [0.2, 0.25) is 0 Å². The fraction of sp³-hybridized carbons (Fsp3) is 0.412. The molecule has 194 valence electrons. The zero-order valence-corrected chi connectivity index (χ0v) is 22.4. The Kier molecular flexibility index (Phi) is 5.34. The van der Waals surface area contributed by atoms with Gasteiger partial charge in [0.15, 0.2) is 0 Å². The third kappa shape index (κ3) is 3.72. The Hall–Kier alpha value is -3.40. The van der Waals surface area contributed by atoms with E-state index in [4.69, 9.17) is 0 Å². The molecule has 2 atom stereocenters. The second kappa shape index (κ2) is 8.56. The van der Waals surface area contributed by atoms with E-state index in [2.05, 4.69) is 48.6 Å². The summed E-state index contributed by atoms with van der Waals surface area (Å²) in [4.78, 5) is 28.8. The second-order valence-electron chi connectivity index (χ2n) is 12.7. The topological polar surface area (TPSA) is 49.4 Å². The van der Waals surface area contributed by atoms with Crippen molar-refractivity contribution in [3.05, 3.63) is 89.0 Å². The van der Waals surface area contributed by atoms with Gasteiger partial charge in [-0.3, -0.25) is 14.5 Å². The van der Waals surface area contributed by atoms with Crippen LogP contribution in [0, 0.1) is 24.2 Å². The van der Waals surface area contributed by atoms with Crippen LogP contribution in [0.3, 0.4) is 0 Å². The number of fused-ring (bicyclic) bond motifs is 2. The minimum Gasteiger partial charge on any atom is -0.326 e. The summed E-state index contributed by atoms with van der Waals surface area (Å²) >= 11 is 0. The molecular formula is C34H36N2O2. The molecule has 0 radical (unpaired) electrons. The number of carbonyl (C=O) groups excluding carboxylic acids is 2. The summed E-state index contributed by atoms with van der Waals surface area (Å²) in [6.07, 6.45) is 8.42. The zero-order chi connectivity index (χ0) is 26.1. The SMILES string of the molecule is CC(=O)N1c2ccccc2CCc2ccc(NC(=O)C34C[C@H]5C[C@H](C3)CC(c3ccc(C)cc3)(C5)C4)cc21. The minimum absolute atomic E-state index is 0.00907. The molecule has 4 nitrogen and oxygen atoms in total. The molecule has 4 heteroatoms. The van der Waals surface area contributed by atoms with E-state index in [1.54, 1.807) is 6.92 Å². The highest BCUT2D eigenvalue weighted by atomic mass is 16.2. The lowest BCUT2D eigenvalue weighted by Crippen LogP contribution is -2.58. The van der Waals surface area contributed by atoms with E-state index >= 15 is 0 Å². The molecule has 3 aromatic carbocycles. The van der Waals surface area contributed by atoms with Gasteiger partial charge in [0.2, 0.25) is 11.8 Å². The first-order valence-corrected chi connectivity index (χ1v) is 14.2. The van der Waals surface area contributed by atoms with Gasteiger partial charge in [-0.25, -0.2) is 0 Å². The standard InChI is InChI=1S/C34H36N2O2/c1-22-7-12-28(13-8-22)33-17-24-15-25(18-33)20-34(19-24,21-33)32(38)35-29-14-11-27-10-9-26-5-3-4-6-30(26)36(23(2)37)31(27)16-29/h3-8,11-14,16,24-25H,9-10,15,17-21H2,1-2H3,(H,35,38)/t24-,25-,33?,34?/m0/s1. The van der Waals surface area contributed by atoms with Crippen LogP contribution < -0.4 is 10.2 Å². The van der Waals surface area contributed by atoms with Crippen molar-refractivity contribution in [3.8, 4) is 0 Å². The number of amides is 2. The molecule has 4 saturated carbocycles. The van der Waals surface area contributed by atoms with Gasteiger partial charge >= 0.3 is 0 Å². The second-order valence-corrected chi connectivity index (χ2v) is 12.7. The predicted molar refractivity (Wildman–Crippen MR) is 152 cm³/mol. The molecule has 4 fully saturated rings. The largest absolute Gasteiger partial charge is 0.326 e. The van der Waals surface area contributed by atoms with Gasteiger partial charge < -0.3 is 5.32 Å². The van der Waals surface area contributed by atoms with Gasteiger partial charge in [-0.05, 0) is 110 Å². The smallest absolute Gasteiger partial charge is 0.230 e. The summed E-state index contributed by atoms with van der Waals surface area (Å²) in [7, 11) is 0. The number of anilines is 3. The highest BCUT2D eigenvalue weighted by Crippen LogP contribution is 2.66. The van der Waals surface area contributed by atoms with Gasteiger partial charge in [0, 0.05) is 12.6 Å². The highest BCUT2D eigenvalue weighted by Gasteiger charge is 2.60. The first-order valence-electron chi connectivity index (χ1n) is 14.2. The minimum atomic E-state index is -0.311. The molecule has 8 rings (SSSR count). The van der Waals surface area contributed by atoms with E-state index in [0.29, 0.717) is 11.8 Å². The molecule has 0 aromatic heterocycles. The zero-order valence-electron chi connectivity index (χ0n) is 22.4. The Labute approximate surface area is 225 Å².